The van der Waals surface area contributed by atoms with Crippen LogP contribution in [-0.4, -0.2) is 152 Å². The molecule has 0 aliphatic heterocycles. The minimum absolute atomic E-state index is 0.163. The lowest BCUT2D eigenvalue weighted by molar-refractivity contribution is -0.911. The Kier molecular flexibility index (Phi) is 42.7. The largest absolute Gasteiger partial charge is 0.759 e. The van der Waals surface area contributed by atoms with E-state index < -0.39 is 22.6 Å². The number of aliphatic hydroxyl groups is 4. The number of ether oxygens (including phenoxy) is 2. The van der Waals surface area contributed by atoms with Crippen molar-refractivity contribution < 1.29 is 56.4 Å². The summed E-state index contributed by atoms with van der Waals surface area (Å²) in [6.07, 6.45) is 25.7. The summed E-state index contributed by atoms with van der Waals surface area (Å²) < 4.78 is 46.7. The maximum atomic E-state index is 10.1. The second-order valence-electron chi connectivity index (χ2n) is 15.4. The van der Waals surface area contributed by atoms with Gasteiger partial charge in [0.25, 0.3) is 0 Å². The van der Waals surface area contributed by atoms with Crippen LogP contribution in [0.25, 0.3) is 0 Å². The molecule has 0 saturated heterocycles. The van der Waals surface area contributed by atoms with E-state index in [1.165, 1.54) is 116 Å². The highest BCUT2D eigenvalue weighted by atomic mass is 32.3. The van der Waals surface area contributed by atoms with E-state index in [9.17, 15) is 10.2 Å². The van der Waals surface area contributed by atoms with Crippen LogP contribution in [0.5, 0.6) is 0 Å². The van der Waals surface area contributed by atoms with Crippen molar-refractivity contribution in [3.05, 3.63) is 0 Å². The monoisotopic (exact) mass is 789 g/mol. The Hall–Kier alpha value is -0.450. The van der Waals surface area contributed by atoms with Crippen LogP contribution < -0.4 is 0 Å². The molecule has 0 radical (unpaired) electrons. The lowest BCUT2D eigenvalue weighted by Crippen LogP contribution is -2.51. The molecule has 0 bridgehead atoms. The van der Waals surface area contributed by atoms with Crippen molar-refractivity contribution in [2.24, 2.45) is 0 Å². The molecule has 4 N–H and O–H groups in total. The highest BCUT2D eigenvalue weighted by molar-refractivity contribution is 7.79. The van der Waals surface area contributed by atoms with Gasteiger partial charge in [0.15, 0.2) is 0 Å². The van der Waals surface area contributed by atoms with Crippen LogP contribution in [0.15, 0.2) is 0 Å². The number of hydrogen-bond acceptors (Lipinski definition) is 10. The van der Waals surface area contributed by atoms with E-state index in [0.717, 1.165) is 39.1 Å². The standard InChI is InChI=1S/2C20H44NO3.H2O4S/c2*1-4-6-7-8-9-10-11-12-13-14-17-24-19-20(23)18-21(3,5-2)15-16-22;1-5(2,3)4/h2*20,22-23H,4-19H2,1-3H3;(H2,1,2,3,4)/q2*+1;/p-2. The molecular weight excluding hydrogens is 701 g/mol. The molecule has 0 spiro atoms. The molecule has 53 heavy (non-hydrogen) atoms. The van der Waals surface area contributed by atoms with Crippen LogP contribution in [0.4, 0.5) is 0 Å². The normalized spacial score (nSPS) is 15.0. The van der Waals surface area contributed by atoms with E-state index in [2.05, 4.69) is 41.8 Å². The van der Waals surface area contributed by atoms with Crippen LogP contribution in [0.2, 0.25) is 0 Å². The first-order valence-electron chi connectivity index (χ1n) is 21.2. The summed E-state index contributed by atoms with van der Waals surface area (Å²) in [5, 5.41) is 38.4. The first-order valence-corrected chi connectivity index (χ1v) is 22.6. The minimum Gasteiger partial charge on any atom is -0.759 e. The summed E-state index contributed by atoms with van der Waals surface area (Å²) in [6.45, 7) is 15.9. The van der Waals surface area contributed by atoms with Crippen LogP contribution in [0, 0.1) is 0 Å². The van der Waals surface area contributed by atoms with Gasteiger partial charge in [-0.25, -0.2) is 0 Å². The van der Waals surface area contributed by atoms with E-state index >= 15 is 0 Å². The first kappa shape index (κ1) is 56.9. The molecule has 0 aromatic carbocycles. The van der Waals surface area contributed by atoms with Gasteiger partial charge in [0.2, 0.25) is 0 Å². The molecule has 0 aromatic rings. The Morgan fingerprint density at radius 2 is 0.755 bits per heavy atom. The average molecular weight is 789 g/mol. The number of nitrogens with zero attached hydrogens (tertiary/aromatic N) is 2. The molecule has 0 rings (SSSR count). The minimum atomic E-state index is -5.17. The Labute approximate surface area is 327 Å². The summed E-state index contributed by atoms with van der Waals surface area (Å²) >= 11 is 0. The summed E-state index contributed by atoms with van der Waals surface area (Å²) in [5.74, 6) is 0. The van der Waals surface area contributed by atoms with Gasteiger partial charge in [0.05, 0.1) is 53.6 Å². The fourth-order valence-electron chi connectivity index (χ4n) is 6.18. The predicted molar refractivity (Wildman–Crippen MR) is 215 cm³/mol. The van der Waals surface area contributed by atoms with Crippen molar-refractivity contribution in [1.82, 2.24) is 0 Å². The maximum absolute atomic E-state index is 10.1. The second kappa shape index (κ2) is 39.8. The van der Waals surface area contributed by atoms with Gasteiger partial charge in [-0.3, -0.25) is 8.42 Å². The smallest absolute Gasteiger partial charge is 0.126 e. The number of rotatable bonds is 36. The van der Waals surface area contributed by atoms with E-state index in [1.54, 1.807) is 0 Å². The lowest BCUT2D eigenvalue weighted by Gasteiger charge is -2.34. The number of quaternary nitrogens is 2. The van der Waals surface area contributed by atoms with Gasteiger partial charge in [-0.2, -0.15) is 0 Å². The van der Waals surface area contributed by atoms with Gasteiger partial charge in [0.1, 0.15) is 38.4 Å². The van der Waals surface area contributed by atoms with Crippen LogP contribution >= 0.6 is 0 Å². The Morgan fingerprint density at radius 1 is 0.509 bits per heavy atom. The molecule has 13 heteroatoms. The van der Waals surface area contributed by atoms with Crippen LogP contribution in [0.1, 0.15) is 156 Å². The number of aliphatic hydroxyl groups excluding tert-OH is 4. The van der Waals surface area contributed by atoms with Crippen molar-refractivity contribution >= 4 is 10.4 Å². The molecule has 0 fully saturated rings. The zero-order valence-electron chi connectivity index (χ0n) is 35.3. The van der Waals surface area contributed by atoms with Crippen molar-refractivity contribution in [2.45, 2.75) is 168 Å². The van der Waals surface area contributed by atoms with Gasteiger partial charge in [-0.05, 0) is 26.7 Å². The maximum Gasteiger partial charge on any atom is 0.126 e. The molecule has 0 amide bonds. The highest BCUT2D eigenvalue weighted by Crippen LogP contribution is 2.12. The average Bonchev–Trinajstić information content (AvgIpc) is 3.09. The first-order chi connectivity index (χ1) is 25.2. The molecule has 324 valence electrons. The quantitative estimate of drug-likeness (QED) is 0.0249. The third kappa shape index (κ3) is 47.6. The fourth-order valence-corrected chi connectivity index (χ4v) is 6.18. The van der Waals surface area contributed by atoms with Gasteiger partial charge in [-0.1, -0.05) is 129 Å². The van der Waals surface area contributed by atoms with E-state index in [0.29, 0.717) is 48.4 Å². The van der Waals surface area contributed by atoms with E-state index in [1.807, 2.05) is 0 Å². The molecule has 0 heterocycles. The fraction of sp³-hybridized carbons (Fsp3) is 1.00. The summed E-state index contributed by atoms with van der Waals surface area (Å²) in [6, 6.07) is 0. The predicted octanol–water partition coefficient (Wildman–Crippen LogP) is 6.15. The molecule has 0 aliphatic carbocycles. The van der Waals surface area contributed by atoms with Gasteiger partial charge in [-0.15, -0.1) is 0 Å². The lowest BCUT2D eigenvalue weighted by atomic mass is 10.1. The van der Waals surface area contributed by atoms with Gasteiger partial charge >= 0.3 is 0 Å². The van der Waals surface area contributed by atoms with E-state index in [4.69, 9.17) is 37.2 Å². The molecule has 4 unspecified atom stereocenters. The Balaban J connectivity index is -0.000000835. The molecular formula is C40H88N2O10S. The highest BCUT2D eigenvalue weighted by Gasteiger charge is 2.24. The zero-order valence-corrected chi connectivity index (χ0v) is 36.1. The third-order valence-electron chi connectivity index (χ3n) is 10.0. The molecule has 0 saturated carbocycles. The van der Waals surface area contributed by atoms with Crippen molar-refractivity contribution in [3.63, 3.8) is 0 Å². The summed E-state index contributed by atoms with van der Waals surface area (Å²) in [4.78, 5) is 0. The van der Waals surface area contributed by atoms with Crippen LogP contribution in [0.3, 0.4) is 0 Å². The van der Waals surface area contributed by atoms with Gasteiger partial charge in [0, 0.05) is 23.6 Å². The van der Waals surface area contributed by atoms with E-state index in [-0.39, 0.29) is 13.2 Å². The third-order valence-corrected chi connectivity index (χ3v) is 10.0. The number of likely N-dealkylation sites (N-methyl/N-ethyl adjacent to an activating group) is 2. The number of hydrogen-bond donors (Lipinski definition) is 4. The molecule has 12 nitrogen and oxygen atoms in total. The molecule has 0 aromatic heterocycles. The Morgan fingerprint density at radius 3 is 0.981 bits per heavy atom. The zero-order chi connectivity index (χ0) is 40.7. The Bertz CT molecular complexity index is 782. The van der Waals surface area contributed by atoms with Crippen LogP contribution in [-0.2, 0) is 19.9 Å². The second-order valence-corrected chi connectivity index (χ2v) is 16.2. The van der Waals surface area contributed by atoms with Crippen molar-refractivity contribution in [1.29, 1.82) is 0 Å². The van der Waals surface area contributed by atoms with Gasteiger partial charge < -0.3 is 48.0 Å². The molecule has 0 aliphatic rings. The topological polar surface area (TPSA) is 180 Å². The van der Waals surface area contributed by atoms with Crippen molar-refractivity contribution in [3.8, 4) is 0 Å². The number of unbranched alkanes of at least 4 members (excludes halogenated alkanes) is 18. The SMILES string of the molecule is CCCCCCCCCCCCOCC(O)C[N+](C)(CC)CCO.CCCCCCCCCCCCOCC(O)C[N+](C)(CC)CCO.O=S(=O)([O-])[O-]. The molecule has 4 atom stereocenters. The van der Waals surface area contributed by atoms with Crippen molar-refractivity contribution in [2.75, 3.05) is 93.0 Å². The summed E-state index contributed by atoms with van der Waals surface area (Å²) in [7, 11) is -1.02. The summed E-state index contributed by atoms with van der Waals surface area (Å²) in [5.41, 5.74) is 0.